The van der Waals surface area contributed by atoms with Crippen molar-refractivity contribution >= 4 is 16.9 Å². The van der Waals surface area contributed by atoms with Crippen LogP contribution in [0.25, 0.3) is 22.4 Å². The van der Waals surface area contributed by atoms with Gasteiger partial charge in [-0.2, -0.15) is 4.98 Å². The van der Waals surface area contributed by atoms with Gasteiger partial charge >= 0.3 is 0 Å². The molecule has 6 nitrogen and oxygen atoms in total. The summed E-state index contributed by atoms with van der Waals surface area (Å²) in [6, 6.07) is 6.15. The summed E-state index contributed by atoms with van der Waals surface area (Å²) in [5, 5.41) is 8.19. The van der Waals surface area contributed by atoms with Crippen molar-refractivity contribution < 1.29 is 8.91 Å². The van der Waals surface area contributed by atoms with E-state index < -0.39 is 0 Å². The van der Waals surface area contributed by atoms with Crippen LogP contribution < -0.4 is 5.32 Å². The van der Waals surface area contributed by atoms with Crippen LogP contribution in [-0.2, 0) is 0 Å². The molecule has 0 bridgehead atoms. The van der Waals surface area contributed by atoms with E-state index in [0.29, 0.717) is 17.2 Å². The summed E-state index contributed by atoms with van der Waals surface area (Å²) in [5.41, 5.74) is 1.79. The number of fused-ring (bicyclic) bond motifs is 1. The molecular weight excluding hydrogens is 333 g/mol. The second kappa shape index (κ2) is 8.71. The van der Waals surface area contributed by atoms with Crippen LogP contribution in [0.15, 0.2) is 35.1 Å². The minimum absolute atomic E-state index is 0.289. The van der Waals surface area contributed by atoms with Gasteiger partial charge in [-0.25, -0.2) is 9.37 Å². The first-order valence-electron chi connectivity index (χ1n) is 9.05. The summed E-state index contributed by atoms with van der Waals surface area (Å²) < 4.78 is 18.5. The van der Waals surface area contributed by atoms with Gasteiger partial charge in [0.1, 0.15) is 29.0 Å². The lowest BCUT2D eigenvalue weighted by Gasteiger charge is -2.20. The molecular formula is C19H24FN5O. The Hall–Kier alpha value is -2.54. The summed E-state index contributed by atoms with van der Waals surface area (Å²) in [6.45, 7) is 8.19. The Balaban J connectivity index is 1.78. The lowest BCUT2D eigenvalue weighted by Crippen LogP contribution is -2.30. The van der Waals surface area contributed by atoms with Gasteiger partial charge in [-0.1, -0.05) is 25.4 Å². The lowest BCUT2D eigenvalue weighted by molar-refractivity contribution is 0.294. The molecule has 2 aromatic heterocycles. The second-order valence-corrected chi connectivity index (χ2v) is 6.16. The molecule has 0 unspecified atom stereocenters. The Bertz CT molecular complexity index is 834. The Labute approximate surface area is 152 Å². The molecule has 0 fully saturated rings. The summed E-state index contributed by atoms with van der Waals surface area (Å²) in [4.78, 5) is 10.9. The molecule has 26 heavy (non-hydrogen) atoms. The number of unbranched alkanes of at least 4 members (excludes halogenated alkanes) is 1. The molecule has 0 spiro atoms. The van der Waals surface area contributed by atoms with Gasteiger partial charge in [-0.05, 0) is 43.8 Å². The van der Waals surface area contributed by atoms with Crippen LogP contribution in [-0.4, -0.2) is 46.2 Å². The highest BCUT2D eigenvalue weighted by Crippen LogP contribution is 2.31. The predicted molar refractivity (Wildman–Crippen MR) is 101 cm³/mol. The van der Waals surface area contributed by atoms with Crippen LogP contribution in [0.3, 0.4) is 0 Å². The third-order valence-corrected chi connectivity index (χ3v) is 4.39. The van der Waals surface area contributed by atoms with Crippen molar-refractivity contribution in [3.05, 3.63) is 36.4 Å². The van der Waals surface area contributed by atoms with E-state index in [9.17, 15) is 4.39 Å². The zero-order valence-corrected chi connectivity index (χ0v) is 15.2. The fourth-order valence-corrected chi connectivity index (χ4v) is 2.87. The van der Waals surface area contributed by atoms with Crippen molar-refractivity contribution in [2.75, 3.05) is 31.5 Å². The topological polar surface area (TPSA) is 67.1 Å². The quantitative estimate of drug-likeness (QED) is 0.625. The molecule has 0 aliphatic rings. The minimum Gasteiger partial charge on any atom is -0.368 e. The molecule has 3 rings (SSSR count). The van der Waals surface area contributed by atoms with Crippen molar-refractivity contribution in [1.82, 2.24) is 20.0 Å². The summed E-state index contributed by atoms with van der Waals surface area (Å²) in [5.74, 6) is 0.394. The molecule has 1 N–H and O–H groups in total. The van der Waals surface area contributed by atoms with Gasteiger partial charge in [0.15, 0.2) is 0 Å². The van der Waals surface area contributed by atoms with Crippen LogP contribution >= 0.6 is 0 Å². The number of nitrogens with zero attached hydrogens (tertiary/aromatic N) is 4. The van der Waals surface area contributed by atoms with Crippen LogP contribution in [0.4, 0.5) is 10.2 Å². The van der Waals surface area contributed by atoms with E-state index in [-0.39, 0.29) is 5.82 Å². The maximum Gasteiger partial charge on any atom is 0.263 e. The number of aromatic nitrogens is 3. The summed E-state index contributed by atoms with van der Waals surface area (Å²) in [7, 11) is 0. The largest absolute Gasteiger partial charge is 0.368 e. The highest BCUT2D eigenvalue weighted by atomic mass is 19.1. The number of hydrogen-bond donors (Lipinski definition) is 1. The van der Waals surface area contributed by atoms with Crippen molar-refractivity contribution in [1.29, 1.82) is 0 Å². The Morgan fingerprint density at radius 1 is 1.12 bits per heavy atom. The van der Waals surface area contributed by atoms with Gasteiger partial charge in [0.05, 0.1) is 0 Å². The molecule has 0 amide bonds. The third-order valence-electron chi connectivity index (χ3n) is 4.39. The molecule has 0 saturated carbocycles. The zero-order valence-electron chi connectivity index (χ0n) is 15.2. The van der Waals surface area contributed by atoms with E-state index in [1.807, 2.05) is 0 Å². The maximum absolute atomic E-state index is 13.2. The number of nitrogens with one attached hydrogen (secondary N) is 1. The number of hydrogen-bond acceptors (Lipinski definition) is 6. The van der Waals surface area contributed by atoms with Crippen molar-refractivity contribution in [2.24, 2.45) is 0 Å². The number of rotatable bonds is 9. The van der Waals surface area contributed by atoms with Crippen LogP contribution in [0.5, 0.6) is 0 Å². The fraction of sp³-hybridized carbons (Fsp3) is 0.421. The number of anilines is 1. The highest BCUT2D eigenvalue weighted by Gasteiger charge is 2.16. The standard InChI is InChI=1S/C19H24FN5O/c1-3-5-11-25(4-2)12-10-21-18-16-17(14-6-8-15(20)9-7-14)24-26-19(16)23-13-22-18/h6-9,13H,3-5,10-12H2,1-2H3,(H,21,22,23). The predicted octanol–water partition coefficient (Wildman–Crippen LogP) is 3.96. The average Bonchev–Trinajstić information content (AvgIpc) is 3.10. The molecule has 138 valence electrons. The first-order valence-corrected chi connectivity index (χ1v) is 9.05. The molecule has 0 radical (unpaired) electrons. The number of benzene rings is 1. The normalized spacial score (nSPS) is 11.4. The molecule has 0 aliphatic carbocycles. The highest BCUT2D eigenvalue weighted by molar-refractivity contribution is 5.97. The third kappa shape index (κ3) is 4.16. The van der Waals surface area contributed by atoms with Crippen molar-refractivity contribution in [2.45, 2.75) is 26.7 Å². The van der Waals surface area contributed by atoms with Crippen molar-refractivity contribution in [3.8, 4) is 11.3 Å². The van der Waals surface area contributed by atoms with E-state index >= 15 is 0 Å². The van der Waals surface area contributed by atoms with Crippen LogP contribution in [0.1, 0.15) is 26.7 Å². The van der Waals surface area contributed by atoms with Crippen molar-refractivity contribution in [3.63, 3.8) is 0 Å². The van der Waals surface area contributed by atoms with Crippen LogP contribution in [0.2, 0.25) is 0 Å². The fourth-order valence-electron chi connectivity index (χ4n) is 2.87. The monoisotopic (exact) mass is 357 g/mol. The molecule has 0 atom stereocenters. The zero-order chi connectivity index (χ0) is 18.4. The second-order valence-electron chi connectivity index (χ2n) is 6.16. The van der Waals surface area contributed by atoms with Gasteiger partial charge in [-0.3, -0.25) is 0 Å². The number of halogens is 1. The van der Waals surface area contributed by atoms with Gasteiger partial charge in [-0.15, -0.1) is 0 Å². The first kappa shape index (κ1) is 18.3. The Morgan fingerprint density at radius 2 is 1.92 bits per heavy atom. The molecule has 2 heterocycles. The Kier molecular flexibility index (Phi) is 6.12. The lowest BCUT2D eigenvalue weighted by atomic mass is 10.1. The van der Waals surface area contributed by atoms with E-state index in [2.05, 4.69) is 39.2 Å². The molecule has 7 heteroatoms. The SMILES string of the molecule is CCCCN(CC)CCNc1ncnc2onc(-c3ccc(F)cc3)c12. The van der Waals surface area contributed by atoms with E-state index in [4.69, 9.17) is 4.52 Å². The molecule has 0 saturated heterocycles. The van der Waals surface area contributed by atoms with E-state index in [1.54, 1.807) is 12.1 Å². The van der Waals surface area contributed by atoms with Gasteiger partial charge < -0.3 is 14.7 Å². The van der Waals surface area contributed by atoms with E-state index in [1.165, 1.54) is 31.3 Å². The van der Waals surface area contributed by atoms with Crippen LogP contribution in [0, 0.1) is 5.82 Å². The molecule has 3 aromatic rings. The van der Waals surface area contributed by atoms with Gasteiger partial charge in [0, 0.05) is 18.7 Å². The average molecular weight is 357 g/mol. The maximum atomic E-state index is 13.2. The Morgan fingerprint density at radius 3 is 2.65 bits per heavy atom. The van der Waals surface area contributed by atoms with Gasteiger partial charge in [0.2, 0.25) is 0 Å². The molecule has 1 aromatic carbocycles. The van der Waals surface area contributed by atoms with E-state index in [0.717, 1.165) is 37.1 Å². The summed E-state index contributed by atoms with van der Waals surface area (Å²) >= 11 is 0. The smallest absolute Gasteiger partial charge is 0.263 e. The first-order chi connectivity index (χ1) is 12.7. The summed E-state index contributed by atoms with van der Waals surface area (Å²) in [6.07, 6.45) is 3.85. The minimum atomic E-state index is -0.289. The number of likely N-dealkylation sites (N-methyl/N-ethyl adjacent to an activating group) is 1. The van der Waals surface area contributed by atoms with Gasteiger partial charge in [0.25, 0.3) is 5.71 Å². The molecule has 0 aliphatic heterocycles.